The molecule has 0 aromatic carbocycles. The molecule has 0 aliphatic rings. The Morgan fingerprint density at radius 2 is 2.09 bits per heavy atom. The Morgan fingerprint density at radius 3 is 2.79 bits per heavy atom. The topological polar surface area (TPSA) is 143 Å². The molecule has 0 saturated carbocycles. The molecule has 33 heavy (non-hydrogen) atoms. The summed E-state index contributed by atoms with van der Waals surface area (Å²) in [5, 5.41) is 26.4. The van der Waals surface area contributed by atoms with Crippen molar-refractivity contribution in [3.8, 4) is 5.69 Å². The fourth-order valence-electron chi connectivity index (χ4n) is 3.26. The normalized spacial score (nSPS) is 12.0. The maximum atomic E-state index is 13.0. The van der Waals surface area contributed by atoms with E-state index in [1.807, 2.05) is 6.92 Å². The van der Waals surface area contributed by atoms with Gasteiger partial charge in [0.15, 0.2) is 5.65 Å². The smallest absolute Gasteiger partial charge is 0.278 e. The van der Waals surface area contributed by atoms with Gasteiger partial charge >= 0.3 is 0 Å². The first-order valence-corrected chi connectivity index (χ1v) is 10.3. The van der Waals surface area contributed by atoms with Crippen LogP contribution in [0, 0.1) is 5.92 Å². The first-order valence-electron chi connectivity index (χ1n) is 10.3. The molecule has 4 aromatic heterocycles. The lowest BCUT2D eigenvalue weighted by atomic mass is 10.2. The number of aliphatic hydroxyl groups is 1. The summed E-state index contributed by atoms with van der Waals surface area (Å²) in [6.45, 7) is 2.12. The van der Waals surface area contributed by atoms with Crippen LogP contribution in [-0.4, -0.2) is 60.2 Å². The van der Waals surface area contributed by atoms with Crippen molar-refractivity contribution in [1.82, 2.24) is 34.3 Å². The van der Waals surface area contributed by atoms with Gasteiger partial charge in [-0.25, -0.2) is 4.98 Å². The molecule has 1 atom stereocenters. The van der Waals surface area contributed by atoms with Crippen LogP contribution >= 0.6 is 0 Å². The summed E-state index contributed by atoms with van der Waals surface area (Å²) >= 11 is 0. The number of carbonyl (C=O) groups excluding carboxylic acids is 1. The van der Waals surface area contributed by atoms with Gasteiger partial charge in [0.1, 0.15) is 22.9 Å². The van der Waals surface area contributed by atoms with E-state index >= 15 is 0 Å². The molecule has 4 aromatic rings. The maximum Gasteiger partial charge on any atom is 0.278 e. The number of fused-ring (bicyclic) bond motifs is 1. The second-order valence-corrected chi connectivity index (χ2v) is 7.66. The van der Waals surface area contributed by atoms with Crippen molar-refractivity contribution in [2.75, 3.05) is 30.8 Å². The van der Waals surface area contributed by atoms with Crippen LogP contribution in [0.25, 0.3) is 11.3 Å². The van der Waals surface area contributed by atoms with E-state index < -0.39 is 0 Å². The molecule has 4 rings (SSSR count). The van der Waals surface area contributed by atoms with Gasteiger partial charge in [-0.05, 0) is 18.1 Å². The average Bonchev–Trinajstić information content (AvgIpc) is 3.44. The predicted molar refractivity (Wildman–Crippen MR) is 123 cm³/mol. The second-order valence-electron chi connectivity index (χ2n) is 7.66. The fourth-order valence-corrected chi connectivity index (χ4v) is 3.26. The molecule has 1 amide bonds. The van der Waals surface area contributed by atoms with E-state index in [0.29, 0.717) is 35.2 Å². The minimum absolute atomic E-state index is 0.0289. The molecule has 0 bridgehead atoms. The summed E-state index contributed by atoms with van der Waals surface area (Å²) < 4.78 is 4.60. The van der Waals surface area contributed by atoms with Crippen LogP contribution < -0.4 is 21.5 Å². The molecule has 0 radical (unpaired) electrons. The number of hydrogen-bond donors (Lipinski definition) is 4. The lowest BCUT2D eigenvalue weighted by Crippen LogP contribution is -2.29. The molecule has 12 nitrogen and oxygen atoms in total. The number of amides is 1. The van der Waals surface area contributed by atoms with Crippen LogP contribution in [0.4, 0.5) is 17.3 Å². The zero-order valence-electron chi connectivity index (χ0n) is 18.5. The molecule has 0 saturated heterocycles. The Balaban J connectivity index is 1.69. The Morgan fingerprint density at radius 1 is 1.27 bits per heavy atom. The molecule has 0 aliphatic carbocycles. The maximum absolute atomic E-state index is 13.0. The number of hydrogen-bond acceptors (Lipinski definition) is 8. The van der Waals surface area contributed by atoms with E-state index in [1.165, 1.54) is 15.3 Å². The third kappa shape index (κ3) is 4.41. The van der Waals surface area contributed by atoms with Crippen LogP contribution in [0.3, 0.4) is 0 Å². The van der Waals surface area contributed by atoms with Crippen molar-refractivity contribution >= 4 is 28.9 Å². The van der Waals surface area contributed by atoms with Gasteiger partial charge in [0, 0.05) is 45.7 Å². The number of nitrogens with zero attached hydrogens (tertiary/aromatic N) is 6. The van der Waals surface area contributed by atoms with E-state index in [1.54, 1.807) is 55.6 Å². The van der Waals surface area contributed by atoms with Gasteiger partial charge in [-0.1, -0.05) is 6.92 Å². The first-order chi connectivity index (χ1) is 15.9. The number of rotatable bonds is 8. The van der Waals surface area contributed by atoms with E-state index in [-0.39, 0.29) is 29.6 Å². The standard InChI is InChI=1S/C21H25N9O3/c1-13(12-31)8-23-20(32)15-10-25-30-18(22-2)7-17(27-19(15)30)26-16-5-4-6-29(21(16)33)14-9-24-28(3)11-14/h4-7,9-11,13,22,31H,8,12H2,1-3H3,(H,23,32)(H,26,27)/t13-/m0/s1. The van der Waals surface area contributed by atoms with Gasteiger partial charge in [0.2, 0.25) is 0 Å². The largest absolute Gasteiger partial charge is 0.396 e. The van der Waals surface area contributed by atoms with Crippen LogP contribution in [0.15, 0.2) is 47.8 Å². The van der Waals surface area contributed by atoms with E-state index in [0.717, 1.165) is 0 Å². The summed E-state index contributed by atoms with van der Waals surface area (Å²) in [6.07, 6.45) is 6.43. The van der Waals surface area contributed by atoms with Gasteiger partial charge in [-0.15, -0.1) is 0 Å². The number of aryl methyl sites for hydroxylation is 1. The summed E-state index contributed by atoms with van der Waals surface area (Å²) in [5.74, 6) is 0.518. The zero-order chi connectivity index (χ0) is 23.5. The number of anilines is 3. The summed E-state index contributed by atoms with van der Waals surface area (Å²) in [4.78, 5) is 30.2. The molecule has 0 unspecified atom stereocenters. The number of aromatic nitrogens is 6. The Kier molecular flexibility index (Phi) is 6.09. The highest BCUT2D eigenvalue weighted by Crippen LogP contribution is 2.21. The zero-order valence-corrected chi connectivity index (χ0v) is 18.5. The highest BCUT2D eigenvalue weighted by molar-refractivity contribution is 6.00. The molecule has 4 N–H and O–H groups in total. The Labute approximate surface area is 188 Å². The quantitative estimate of drug-likeness (QED) is 0.307. The fraction of sp³-hybridized carbons (Fsp3) is 0.286. The third-order valence-corrected chi connectivity index (χ3v) is 5.07. The van der Waals surface area contributed by atoms with Crippen molar-refractivity contribution in [1.29, 1.82) is 0 Å². The molecular weight excluding hydrogens is 426 g/mol. The van der Waals surface area contributed by atoms with E-state index in [4.69, 9.17) is 0 Å². The molecule has 0 spiro atoms. The SMILES string of the molecule is CNc1cc(Nc2cccn(-c3cnn(C)c3)c2=O)nc2c(C(=O)NC[C@H](C)CO)cnn12. The highest BCUT2D eigenvalue weighted by Gasteiger charge is 2.18. The van der Waals surface area contributed by atoms with Gasteiger partial charge in [0.05, 0.1) is 18.1 Å². The van der Waals surface area contributed by atoms with Crippen LogP contribution in [0.2, 0.25) is 0 Å². The molecule has 172 valence electrons. The van der Waals surface area contributed by atoms with E-state index in [9.17, 15) is 14.7 Å². The second kappa shape index (κ2) is 9.12. The molecule has 0 aliphatic heterocycles. The summed E-state index contributed by atoms with van der Waals surface area (Å²) in [6, 6.07) is 5.09. The lowest BCUT2D eigenvalue weighted by Gasteiger charge is -2.12. The molecule has 12 heteroatoms. The van der Waals surface area contributed by atoms with Crippen LogP contribution in [-0.2, 0) is 7.05 Å². The van der Waals surface area contributed by atoms with Crippen LogP contribution in [0.1, 0.15) is 17.3 Å². The number of carbonyl (C=O) groups is 1. The first kappa shape index (κ1) is 22.0. The summed E-state index contributed by atoms with van der Waals surface area (Å²) in [7, 11) is 3.50. The van der Waals surface area contributed by atoms with Gasteiger partial charge in [-0.2, -0.15) is 14.7 Å². The summed E-state index contributed by atoms with van der Waals surface area (Å²) in [5.41, 5.74) is 1.27. The minimum Gasteiger partial charge on any atom is -0.396 e. The van der Waals surface area contributed by atoms with Gasteiger partial charge in [0.25, 0.3) is 11.5 Å². The molecular formula is C21H25N9O3. The van der Waals surface area contributed by atoms with Crippen molar-refractivity contribution in [3.05, 3.63) is 58.9 Å². The predicted octanol–water partition coefficient (Wildman–Crippen LogP) is 0.757. The number of aliphatic hydroxyl groups excluding tert-OH is 1. The van der Waals surface area contributed by atoms with Crippen molar-refractivity contribution in [3.63, 3.8) is 0 Å². The lowest BCUT2D eigenvalue weighted by molar-refractivity contribution is 0.0943. The molecule has 0 fully saturated rings. The minimum atomic E-state index is -0.351. The van der Waals surface area contributed by atoms with Gasteiger partial charge < -0.3 is 21.1 Å². The average molecular weight is 451 g/mol. The number of pyridine rings is 1. The third-order valence-electron chi connectivity index (χ3n) is 5.07. The Hall–Kier alpha value is -4.19. The monoisotopic (exact) mass is 451 g/mol. The molecule has 4 heterocycles. The Bertz CT molecular complexity index is 1350. The van der Waals surface area contributed by atoms with Crippen molar-refractivity contribution in [2.24, 2.45) is 13.0 Å². The van der Waals surface area contributed by atoms with Gasteiger partial charge in [-0.3, -0.25) is 18.8 Å². The van der Waals surface area contributed by atoms with Crippen LogP contribution in [0.5, 0.6) is 0 Å². The van der Waals surface area contributed by atoms with Crippen molar-refractivity contribution in [2.45, 2.75) is 6.92 Å². The highest BCUT2D eigenvalue weighted by atomic mass is 16.3. The number of nitrogens with one attached hydrogen (secondary N) is 3. The van der Waals surface area contributed by atoms with Crippen molar-refractivity contribution < 1.29 is 9.90 Å². The van der Waals surface area contributed by atoms with E-state index in [2.05, 4.69) is 31.1 Å².